The number of rotatable bonds is 5. The summed E-state index contributed by atoms with van der Waals surface area (Å²) in [5.41, 5.74) is 5.11. The maximum absolute atomic E-state index is 12.4. The lowest BCUT2D eigenvalue weighted by Crippen LogP contribution is -2.13. The van der Waals surface area contributed by atoms with E-state index in [9.17, 15) is 4.79 Å². The summed E-state index contributed by atoms with van der Waals surface area (Å²) in [5.74, 6) is 0.586. The number of nitrogens with one attached hydrogen (secondary N) is 2. The molecule has 0 unspecified atom stereocenters. The molecule has 0 aliphatic heterocycles. The number of anilines is 3. The third-order valence-corrected chi connectivity index (χ3v) is 4.54. The topological polar surface area (TPSA) is 66.9 Å². The van der Waals surface area contributed by atoms with Gasteiger partial charge in [-0.3, -0.25) is 4.79 Å². The molecule has 5 nitrogen and oxygen atoms in total. The van der Waals surface area contributed by atoms with Gasteiger partial charge in [0, 0.05) is 28.6 Å². The Morgan fingerprint density at radius 3 is 2.24 bits per heavy atom. The first-order valence-electron chi connectivity index (χ1n) is 9.30. The second kappa shape index (κ2) is 8.35. The molecule has 2 N–H and O–H groups in total. The van der Waals surface area contributed by atoms with Crippen LogP contribution in [0.1, 0.15) is 15.9 Å². The highest BCUT2D eigenvalue weighted by atomic mass is 16.1. The van der Waals surface area contributed by atoms with Gasteiger partial charge in [0.15, 0.2) is 0 Å². The Balaban J connectivity index is 1.45. The first-order chi connectivity index (χ1) is 14.2. The molecule has 0 atom stereocenters. The molecular formula is C24H20N4O. The molecule has 0 bridgehead atoms. The van der Waals surface area contributed by atoms with Crippen LogP contribution in [-0.2, 0) is 0 Å². The summed E-state index contributed by atoms with van der Waals surface area (Å²) in [6.45, 7) is 1.92. The van der Waals surface area contributed by atoms with Crippen molar-refractivity contribution in [1.29, 1.82) is 0 Å². The third-order valence-electron chi connectivity index (χ3n) is 4.54. The fourth-order valence-corrected chi connectivity index (χ4v) is 3.00. The molecule has 142 valence electrons. The Morgan fingerprint density at radius 1 is 0.793 bits per heavy atom. The molecule has 0 fully saturated rings. The average Bonchev–Trinajstić information content (AvgIpc) is 2.76. The normalized spacial score (nSPS) is 10.4. The summed E-state index contributed by atoms with van der Waals surface area (Å²) in [6.07, 6.45) is 1.54. The Kier molecular flexibility index (Phi) is 5.29. The summed E-state index contributed by atoms with van der Waals surface area (Å²) in [5, 5.41) is 6.20. The monoisotopic (exact) mass is 380 g/mol. The molecule has 0 saturated heterocycles. The molecule has 4 rings (SSSR count). The van der Waals surface area contributed by atoms with Gasteiger partial charge in [-0.25, -0.2) is 9.97 Å². The summed E-state index contributed by atoms with van der Waals surface area (Å²) in [6, 6.07) is 26.9. The van der Waals surface area contributed by atoms with Crippen molar-refractivity contribution < 1.29 is 4.79 Å². The summed E-state index contributed by atoms with van der Waals surface area (Å²) in [7, 11) is 0. The molecule has 0 aliphatic carbocycles. The van der Waals surface area contributed by atoms with Crippen molar-refractivity contribution in [3.63, 3.8) is 0 Å². The fourth-order valence-electron chi connectivity index (χ4n) is 3.00. The first-order valence-corrected chi connectivity index (χ1v) is 9.30. The van der Waals surface area contributed by atoms with E-state index in [0.717, 1.165) is 28.2 Å². The molecule has 0 aliphatic rings. The molecule has 1 amide bonds. The highest BCUT2D eigenvalue weighted by Gasteiger charge is 2.08. The molecule has 1 aromatic heterocycles. The van der Waals surface area contributed by atoms with Gasteiger partial charge in [-0.2, -0.15) is 0 Å². The molecule has 4 aromatic rings. The molecule has 0 saturated carbocycles. The predicted molar refractivity (Wildman–Crippen MR) is 116 cm³/mol. The highest BCUT2D eigenvalue weighted by molar-refractivity contribution is 6.05. The van der Waals surface area contributed by atoms with E-state index in [1.807, 2.05) is 91.9 Å². The van der Waals surface area contributed by atoms with Gasteiger partial charge in [-0.1, -0.05) is 48.5 Å². The van der Waals surface area contributed by atoms with E-state index in [2.05, 4.69) is 20.6 Å². The van der Waals surface area contributed by atoms with Gasteiger partial charge in [0.25, 0.3) is 5.91 Å². The number of aryl methyl sites for hydroxylation is 1. The van der Waals surface area contributed by atoms with Crippen LogP contribution >= 0.6 is 0 Å². The van der Waals surface area contributed by atoms with Crippen LogP contribution in [0.5, 0.6) is 0 Å². The van der Waals surface area contributed by atoms with Gasteiger partial charge in [-0.15, -0.1) is 0 Å². The molecular weight excluding hydrogens is 360 g/mol. The van der Waals surface area contributed by atoms with Crippen molar-refractivity contribution in [1.82, 2.24) is 9.97 Å². The summed E-state index contributed by atoms with van der Waals surface area (Å²) >= 11 is 0. The average molecular weight is 380 g/mol. The smallest absolute Gasteiger partial charge is 0.255 e. The van der Waals surface area contributed by atoms with E-state index in [1.54, 1.807) is 6.33 Å². The first kappa shape index (κ1) is 18.4. The largest absolute Gasteiger partial charge is 0.340 e. The van der Waals surface area contributed by atoms with E-state index in [0.29, 0.717) is 11.4 Å². The fraction of sp³-hybridized carbons (Fsp3) is 0.0417. The number of aromatic nitrogens is 2. The molecule has 3 aromatic carbocycles. The zero-order chi connectivity index (χ0) is 20.1. The maximum Gasteiger partial charge on any atom is 0.255 e. The van der Waals surface area contributed by atoms with E-state index in [1.165, 1.54) is 0 Å². The second-order valence-corrected chi connectivity index (χ2v) is 6.63. The summed E-state index contributed by atoms with van der Waals surface area (Å²) < 4.78 is 0. The van der Waals surface area contributed by atoms with Gasteiger partial charge in [-0.05, 0) is 42.8 Å². The Morgan fingerprint density at radius 2 is 1.48 bits per heavy atom. The number of benzene rings is 3. The van der Waals surface area contributed by atoms with Crippen LogP contribution in [-0.4, -0.2) is 15.9 Å². The van der Waals surface area contributed by atoms with Gasteiger partial charge in [0.1, 0.15) is 12.1 Å². The van der Waals surface area contributed by atoms with Crippen molar-refractivity contribution in [3.05, 3.63) is 102 Å². The zero-order valence-corrected chi connectivity index (χ0v) is 16.0. The number of amides is 1. The lowest BCUT2D eigenvalue weighted by molar-refractivity contribution is 0.102. The van der Waals surface area contributed by atoms with Crippen molar-refractivity contribution in [2.45, 2.75) is 6.92 Å². The number of hydrogen-bond acceptors (Lipinski definition) is 4. The number of hydrogen-bond donors (Lipinski definition) is 2. The van der Waals surface area contributed by atoms with E-state index in [4.69, 9.17) is 0 Å². The van der Waals surface area contributed by atoms with E-state index >= 15 is 0 Å². The lowest BCUT2D eigenvalue weighted by atomic mass is 10.1. The van der Waals surface area contributed by atoms with E-state index in [-0.39, 0.29) is 5.91 Å². The highest BCUT2D eigenvalue weighted by Crippen LogP contribution is 2.22. The SMILES string of the molecule is Cc1ccccc1C(=O)Nc1ccc(Nc2cc(-c3ccccc3)ncn2)cc1. The van der Waals surface area contributed by atoms with Crippen molar-refractivity contribution in [2.75, 3.05) is 10.6 Å². The Bertz CT molecular complexity index is 1120. The number of nitrogens with zero attached hydrogens (tertiary/aromatic N) is 2. The molecule has 1 heterocycles. The Labute approximate surface area is 169 Å². The van der Waals surface area contributed by atoms with Crippen LogP contribution in [0, 0.1) is 6.92 Å². The second-order valence-electron chi connectivity index (χ2n) is 6.63. The van der Waals surface area contributed by atoms with Crippen LogP contribution < -0.4 is 10.6 Å². The lowest BCUT2D eigenvalue weighted by Gasteiger charge is -2.10. The van der Waals surface area contributed by atoms with Crippen LogP contribution in [0.4, 0.5) is 17.2 Å². The van der Waals surface area contributed by atoms with Gasteiger partial charge in [0.05, 0.1) is 5.69 Å². The molecule has 29 heavy (non-hydrogen) atoms. The molecule has 0 spiro atoms. The minimum Gasteiger partial charge on any atom is -0.340 e. The minimum atomic E-state index is -0.118. The van der Waals surface area contributed by atoms with Crippen LogP contribution in [0.25, 0.3) is 11.3 Å². The van der Waals surface area contributed by atoms with Crippen LogP contribution in [0.3, 0.4) is 0 Å². The van der Waals surface area contributed by atoms with Gasteiger partial charge >= 0.3 is 0 Å². The van der Waals surface area contributed by atoms with Crippen molar-refractivity contribution in [3.8, 4) is 11.3 Å². The molecule has 0 radical (unpaired) electrons. The van der Waals surface area contributed by atoms with Gasteiger partial charge < -0.3 is 10.6 Å². The predicted octanol–water partition coefficient (Wildman–Crippen LogP) is 5.45. The van der Waals surface area contributed by atoms with E-state index < -0.39 is 0 Å². The van der Waals surface area contributed by atoms with Crippen molar-refractivity contribution in [2.24, 2.45) is 0 Å². The Hall–Kier alpha value is -3.99. The minimum absolute atomic E-state index is 0.118. The quantitative estimate of drug-likeness (QED) is 0.483. The van der Waals surface area contributed by atoms with Crippen molar-refractivity contribution >= 4 is 23.1 Å². The maximum atomic E-state index is 12.4. The third kappa shape index (κ3) is 4.47. The van der Waals surface area contributed by atoms with Gasteiger partial charge in [0.2, 0.25) is 0 Å². The van der Waals surface area contributed by atoms with Crippen LogP contribution in [0.2, 0.25) is 0 Å². The van der Waals surface area contributed by atoms with Crippen LogP contribution in [0.15, 0.2) is 91.3 Å². The zero-order valence-electron chi connectivity index (χ0n) is 16.0. The number of carbonyl (C=O) groups is 1. The molecule has 5 heteroatoms. The number of carbonyl (C=O) groups excluding carboxylic acids is 1. The summed E-state index contributed by atoms with van der Waals surface area (Å²) in [4.78, 5) is 21.1. The standard InChI is InChI=1S/C24H20N4O/c1-17-7-5-6-10-21(17)24(29)28-20-13-11-19(12-14-20)27-23-15-22(25-16-26-23)18-8-3-2-4-9-18/h2-16H,1H3,(H,28,29)(H,25,26,27).